The maximum Gasteiger partial charge on any atom is 0.226 e. The van der Waals surface area contributed by atoms with Crippen molar-refractivity contribution in [1.29, 1.82) is 0 Å². The Morgan fingerprint density at radius 2 is 2.11 bits per heavy atom. The first kappa shape index (κ1) is 13.4. The van der Waals surface area contributed by atoms with Gasteiger partial charge in [-0.15, -0.1) is 10.2 Å². The monoisotopic (exact) mass is 268 g/mol. The molecule has 3 N–H and O–H groups in total. The Kier molecular flexibility index (Phi) is 5.07. The van der Waals surface area contributed by atoms with Crippen LogP contribution < -0.4 is 11.1 Å². The number of aromatic nitrogens is 2. The SMILES string of the molecule is NCc1nnc(NC(=O)CCC2CCCCC2)s1. The smallest absolute Gasteiger partial charge is 0.226 e. The van der Waals surface area contributed by atoms with E-state index in [0.717, 1.165) is 17.3 Å². The molecule has 6 heteroatoms. The van der Waals surface area contributed by atoms with Crippen LogP contribution in [0.2, 0.25) is 0 Å². The van der Waals surface area contributed by atoms with Crippen molar-refractivity contribution in [3.8, 4) is 0 Å². The lowest BCUT2D eigenvalue weighted by molar-refractivity contribution is -0.116. The third-order valence-electron chi connectivity index (χ3n) is 3.39. The largest absolute Gasteiger partial charge is 0.324 e. The number of nitrogens with one attached hydrogen (secondary N) is 1. The maximum absolute atomic E-state index is 11.7. The summed E-state index contributed by atoms with van der Waals surface area (Å²) in [6.45, 7) is 0.371. The van der Waals surface area contributed by atoms with Gasteiger partial charge in [0.05, 0.1) is 0 Å². The fourth-order valence-electron chi connectivity index (χ4n) is 2.38. The van der Waals surface area contributed by atoms with E-state index in [9.17, 15) is 4.79 Å². The fraction of sp³-hybridized carbons (Fsp3) is 0.750. The Bertz CT molecular complexity index is 387. The highest BCUT2D eigenvalue weighted by atomic mass is 32.1. The maximum atomic E-state index is 11.7. The van der Waals surface area contributed by atoms with Crippen molar-refractivity contribution in [2.75, 3.05) is 5.32 Å². The molecule has 0 aromatic carbocycles. The van der Waals surface area contributed by atoms with E-state index in [1.54, 1.807) is 0 Å². The van der Waals surface area contributed by atoms with Crippen molar-refractivity contribution in [3.05, 3.63) is 5.01 Å². The second-order valence-corrected chi connectivity index (χ2v) is 5.86. The van der Waals surface area contributed by atoms with Crippen molar-refractivity contribution in [2.45, 2.75) is 51.5 Å². The quantitative estimate of drug-likeness (QED) is 0.858. The molecule has 18 heavy (non-hydrogen) atoms. The van der Waals surface area contributed by atoms with Gasteiger partial charge in [-0.05, 0) is 12.3 Å². The number of carbonyl (C=O) groups is 1. The molecule has 1 aromatic heterocycles. The number of rotatable bonds is 5. The molecule has 0 spiro atoms. The summed E-state index contributed by atoms with van der Waals surface area (Å²) in [5, 5.41) is 11.8. The number of carbonyl (C=O) groups excluding carboxylic acids is 1. The molecule has 0 aliphatic heterocycles. The molecule has 100 valence electrons. The van der Waals surface area contributed by atoms with Gasteiger partial charge in [-0.2, -0.15) is 0 Å². The number of nitrogens with zero attached hydrogens (tertiary/aromatic N) is 2. The van der Waals surface area contributed by atoms with Crippen LogP contribution >= 0.6 is 11.3 Å². The number of amides is 1. The molecule has 1 amide bonds. The first-order valence-electron chi connectivity index (χ1n) is 6.60. The Balaban J connectivity index is 1.71. The van der Waals surface area contributed by atoms with Crippen LogP contribution in [0.4, 0.5) is 5.13 Å². The molecule has 0 saturated heterocycles. The molecular weight excluding hydrogens is 248 g/mol. The zero-order chi connectivity index (χ0) is 12.8. The lowest BCUT2D eigenvalue weighted by Crippen LogP contribution is -2.14. The molecule has 1 aliphatic rings. The van der Waals surface area contributed by atoms with Crippen LogP contribution in [-0.4, -0.2) is 16.1 Å². The summed E-state index contributed by atoms with van der Waals surface area (Å²) in [7, 11) is 0. The molecule has 0 unspecified atom stereocenters. The molecule has 0 bridgehead atoms. The lowest BCUT2D eigenvalue weighted by atomic mass is 9.86. The number of nitrogens with two attached hydrogens (primary N) is 1. The van der Waals surface area contributed by atoms with E-state index in [1.807, 2.05) is 0 Å². The van der Waals surface area contributed by atoms with Crippen LogP contribution in [0.15, 0.2) is 0 Å². The summed E-state index contributed by atoms with van der Waals surface area (Å²) in [6.07, 6.45) is 8.14. The summed E-state index contributed by atoms with van der Waals surface area (Å²) in [5.74, 6) is 0.777. The highest BCUT2D eigenvalue weighted by Crippen LogP contribution is 2.27. The van der Waals surface area contributed by atoms with E-state index in [0.29, 0.717) is 18.1 Å². The predicted octanol–water partition coefficient (Wildman–Crippen LogP) is 2.30. The molecule has 1 aliphatic carbocycles. The van der Waals surface area contributed by atoms with E-state index in [-0.39, 0.29) is 5.91 Å². The van der Waals surface area contributed by atoms with Crippen molar-refractivity contribution < 1.29 is 4.79 Å². The normalized spacial score (nSPS) is 16.7. The van der Waals surface area contributed by atoms with Gasteiger partial charge >= 0.3 is 0 Å². The van der Waals surface area contributed by atoms with Crippen LogP contribution in [-0.2, 0) is 11.3 Å². The summed E-state index contributed by atoms with van der Waals surface area (Å²) >= 11 is 1.34. The molecule has 5 nitrogen and oxygen atoms in total. The van der Waals surface area contributed by atoms with Gasteiger partial charge in [-0.1, -0.05) is 43.4 Å². The van der Waals surface area contributed by atoms with Gasteiger partial charge in [0.25, 0.3) is 0 Å². The van der Waals surface area contributed by atoms with Gasteiger partial charge < -0.3 is 11.1 Å². The van der Waals surface area contributed by atoms with Crippen LogP contribution in [0.5, 0.6) is 0 Å². The van der Waals surface area contributed by atoms with E-state index >= 15 is 0 Å². The summed E-state index contributed by atoms with van der Waals surface area (Å²) in [6, 6.07) is 0. The Labute approximate surface area is 111 Å². The summed E-state index contributed by atoms with van der Waals surface area (Å²) in [5.41, 5.74) is 5.45. The minimum absolute atomic E-state index is 0.0419. The first-order chi connectivity index (χ1) is 8.78. The van der Waals surface area contributed by atoms with Crippen LogP contribution in [0.3, 0.4) is 0 Å². The molecule has 1 heterocycles. The molecule has 0 atom stereocenters. The number of anilines is 1. The topological polar surface area (TPSA) is 80.9 Å². The third kappa shape index (κ3) is 4.03. The van der Waals surface area contributed by atoms with Crippen molar-refractivity contribution >= 4 is 22.4 Å². The van der Waals surface area contributed by atoms with Crippen molar-refractivity contribution in [3.63, 3.8) is 0 Å². The van der Waals surface area contributed by atoms with Gasteiger partial charge in [0.1, 0.15) is 5.01 Å². The minimum Gasteiger partial charge on any atom is -0.324 e. The van der Waals surface area contributed by atoms with E-state index in [1.165, 1.54) is 43.4 Å². The molecular formula is C12H20N4OS. The van der Waals surface area contributed by atoms with Gasteiger partial charge in [-0.3, -0.25) is 4.79 Å². The summed E-state index contributed by atoms with van der Waals surface area (Å²) in [4.78, 5) is 11.7. The molecule has 0 radical (unpaired) electrons. The average molecular weight is 268 g/mol. The Morgan fingerprint density at radius 3 is 2.78 bits per heavy atom. The van der Waals surface area contributed by atoms with Gasteiger partial charge in [0, 0.05) is 13.0 Å². The van der Waals surface area contributed by atoms with E-state index < -0.39 is 0 Å². The molecule has 1 saturated carbocycles. The zero-order valence-electron chi connectivity index (χ0n) is 10.5. The highest BCUT2D eigenvalue weighted by Gasteiger charge is 2.15. The second kappa shape index (κ2) is 6.80. The number of hydrogen-bond acceptors (Lipinski definition) is 5. The Hall–Kier alpha value is -1.01. The molecule has 1 fully saturated rings. The molecule has 1 aromatic rings. The third-order valence-corrected chi connectivity index (χ3v) is 4.25. The van der Waals surface area contributed by atoms with Crippen LogP contribution in [0.1, 0.15) is 50.0 Å². The first-order valence-corrected chi connectivity index (χ1v) is 7.42. The van der Waals surface area contributed by atoms with Gasteiger partial charge in [0.15, 0.2) is 0 Å². The average Bonchev–Trinajstić information content (AvgIpc) is 2.85. The fourth-order valence-corrected chi connectivity index (χ4v) is 3.01. The second-order valence-electron chi connectivity index (χ2n) is 4.80. The van der Waals surface area contributed by atoms with Crippen molar-refractivity contribution in [2.24, 2.45) is 11.7 Å². The predicted molar refractivity (Wildman–Crippen MR) is 72.2 cm³/mol. The van der Waals surface area contributed by atoms with Gasteiger partial charge in [-0.25, -0.2) is 0 Å². The summed E-state index contributed by atoms with van der Waals surface area (Å²) < 4.78 is 0. The highest BCUT2D eigenvalue weighted by molar-refractivity contribution is 7.15. The van der Waals surface area contributed by atoms with Gasteiger partial charge in [0.2, 0.25) is 11.0 Å². The number of hydrogen-bond donors (Lipinski definition) is 2. The van der Waals surface area contributed by atoms with Crippen molar-refractivity contribution in [1.82, 2.24) is 10.2 Å². The lowest BCUT2D eigenvalue weighted by Gasteiger charge is -2.20. The standard InChI is InChI=1S/C12H20N4OS/c13-8-11-15-16-12(18-11)14-10(17)7-6-9-4-2-1-3-5-9/h9H,1-8,13H2,(H,14,16,17). The minimum atomic E-state index is 0.0419. The molecule has 2 rings (SSSR count). The Morgan fingerprint density at radius 1 is 1.33 bits per heavy atom. The zero-order valence-corrected chi connectivity index (χ0v) is 11.3. The van der Waals surface area contributed by atoms with E-state index in [4.69, 9.17) is 5.73 Å². The van der Waals surface area contributed by atoms with Crippen LogP contribution in [0.25, 0.3) is 0 Å². The van der Waals surface area contributed by atoms with E-state index in [2.05, 4.69) is 15.5 Å². The van der Waals surface area contributed by atoms with Crippen LogP contribution in [0, 0.1) is 5.92 Å².